The topological polar surface area (TPSA) is 69.6 Å². The first-order valence-corrected chi connectivity index (χ1v) is 12.3. The first-order chi connectivity index (χ1) is 15.2. The van der Waals surface area contributed by atoms with Crippen molar-refractivity contribution in [2.75, 3.05) is 6.61 Å². The molecule has 0 spiro atoms. The van der Waals surface area contributed by atoms with Crippen molar-refractivity contribution in [3.8, 4) is 0 Å². The lowest BCUT2D eigenvalue weighted by atomic mass is 10.0. The molecule has 0 bridgehead atoms. The van der Waals surface area contributed by atoms with Crippen molar-refractivity contribution in [3.05, 3.63) is 48.6 Å². The zero-order valence-electron chi connectivity index (χ0n) is 20.0. The second-order valence-electron chi connectivity index (χ2n) is 8.02. The van der Waals surface area contributed by atoms with Crippen LogP contribution in [0, 0.1) is 0 Å². The molecule has 0 fully saturated rings. The average Bonchev–Trinajstić information content (AvgIpc) is 2.77. The van der Waals surface area contributed by atoms with E-state index in [1.165, 1.54) is 25.7 Å². The highest BCUT2D eigenvalue weighted by Gasteiger charge is 2.19. The van der Waals surface area contributed by atoms with Crippen LogP contribution in [0.1, 0.15) is 97.3 Å². The Morgan fingerprint density at radius 3 is 1.94 bits per heavy atom. The fourth-order valence-corrected chi connectivity index (χ4v) is 3.19. The summed E-state index contributed by atoms with van der Waals surface area (Å²) in [6.07, 6.45) is 28.8. The maximum absolute atomic E-state index is 12.1. The van der Waals surface area contributed by atoms with Gasteiger partial charge in [-0.3, -0.25) is 4.79 Å². The molecule has 0 aliphatic rings. The van der Waals surface area contributed by atoms with Crippen LogP contribution >= 0.6 is 0 Å². The highest BCUT2D eigenvalue weighted by molar-refractivity contribution is 5.76. The molecule has 2 atom stereocenters. The predicted octanol–water partition coefficient (Wildman–Crippen LogP) is 6.16. The minimum atomic E-state index is -0.683. The Balaban J connectivity index is 3.86. The van der Waals surface area contributed by atoms with E-state index in [0.29, 0.717) is 19.3 Å². The Bertz CT molecular complexity index is 523. The number of nitrogens with one attached hydrogen (secondary N) is 1. The lowest BCUT2D eigenvalue weighted by Gasteiger charge is -2.22. The van der Waals surface area contributed by atoms with Gasteiger partial charge in [-0.25, -0.2) is 0 Å². The molecule has 0 aliphatic heterocycles. The summed E-state index contributed by atoms with van der Waals surface area (Å²) >= 11 is 0. The second kappa shape index (κ2) is 23.0. The van der Waals surface area contributed by atoms with Gasteiger partial charge in [-0.05, 0) is 38.5 Å². The lowest BCUT2D eigenvalue weighted by molar-refractivity contribution is -0.123. The molecule has 0 saturated carbocycles. The largest absolute Gasteiger partial charge is 0.394 e. The van der Waals surface area contributed by atoms with Gasteiger partial charge in [-0.1, -0.05) is 101 Å². The van der Waals surface area contributed by atoms with Crippen LogP contribution < -0.4 is 5.32 Å². The van der Waals surface area contributed by atoms with Gasteiger partial charge in [0.2, 0.25) is 5.91 Å². The number of hydrogen-bond acceptors (Lipinski definition) is 3. The van der Waals surface area contributed by atoms with Crippen LogP contribution in [0.4, 0.5) is 0 Å². The van der Waals surface area contributed by atoms with Gasteiger partial charge in [0.1, 0.15) is 0 Å². The highest BCUT2D eigenvalue weighted by Crippen LogP contribution is 2.10. The highest BCUT2D eigenvalue weighted by atomic mass is 16.3. The third-order valence-electron chi connectivity index (χ3n) is 5.12. The van der Waals surface area contributed by atoms with E-state index in [1.54, 1.807) is 0 Å². The Kier molecular flexibility index (Phi) is 21.8. The van der Waals surface area contributed by atoms with E-state index >= 15 is 0 Å². The molecule has 2 unspecified atom stereocenters. The Morgan fingerprint density at radius 1 is 0.806 bits per heavy atom. The summed E-state index contributed by atoms with van der Waals surface area (Å²) in [5, 5.41) is 22.5. The number of amides is 1. The normalized spacial score (nSPS) is 14.3. The van der Waals surface area contributed by atoms with E-state index in [-0.39, 0.29) is 12.5 Å². The minimum Gasteiger partial charge on any atom is -0.394 e. The summed E-state index contributed by atoms with van der Waals surface area (Å²) in [6, 6.07) is -0.569. The van der Waals surface area contributed by atoms with Crippen LogP contribution in [0.2, 0.25) is 0 Å². The number of carbonyl (C=O) groups is 1. The SMILES string of the molecule is CC/C=C\C/C=C\C/C=C\C/C=C\CCC(=O)NC(CO)C(O)CCCCCCCC. The quantitative estimate of drug-likeness (QED) is 0.159. The summed E-state index contributed by atoms with van der Waals surface area (Å²) in [6.45, 7) is 4.10. The molecule has 0 aliphatic carbocycles. The fourth-order valence-electron chi connectivity index (χ4n) is 3.19. The molecule has 4 nitrogen and oxygen atoms in total. The third kappa shape index (κ3) is 20.0. The number of rotatable bonds is 20. The van der Waals surface area contributed by atoms with Crippen molar-refractivity contribution in [1.29, 1.82) is 0 Å². The minimum absolute atomic E-state index is 0.122. The van der Waals surface area contributed by atoms with Crippen molar-refractivity contribution >= 4 is 5.91 Å². The summed E-state index contributed by atoms with van der Waals surface area (Å²) < 4.78 is 0. The van der Waals surface area contributed by atoms with Crippen LogP contribution in [0.25, 0.3) is 0 Å². The van der Waals surface area contributed by atoms with E-state index in [4.69, 9.17) is 0 Å². The van der Waals surface area contributed by atoms with Crippen molar-refractivity contribution in [2.45, 2.75) is 109 Å². The zero-order chi connectivity index (χ0) is 23.0. The van der Waals surface area contributed by atoms with Gasteiger partial charge in [0.25, 0.3) is 0 Å². The van der Waals surface area contributed by atoms with Gasteiger partial charge < -0.3 is 15.5 Å². The van der Waals surface area contributed by atoms with E-state index in [9.17, 15) is 15.0 Å². The molecule has 0 aromatic rings. The Hall–Kier alpha value is -1.65. The molecule has 4 heteroatoms. The summed E-state index contributed by atoms with van der Waals surface area (Å²) in [5.74, 6) is -0.122. The van der Waals surface area contributed by atoms with Gasteiger partial charge in [0.15, 0.2) is 0 Å². The average molecular weight is 434 g/mol. The van der Waals surface area contributed by atoms with Crippen LogP contribution in [0.5, 0.6) is 0 Å². The molecular weight excluding hydrogens is 386 g/mol. The Morgan fingerprint density at radius 2 is 1.35 bits per heavy atom. The van der Waals surface area contributed by atoms with E-state index in [0.717, 1.165) is 38.5 Å². The third-order valence-corrected chi connectivity index (χ3v) is 5.12. The lowest BCUT2D eigenvalue weighted by Crippen LogP contribution is -2.45. The molecule has 1 amide bonds. The van der Waals surface area contributed by atoms with Crippen molar-refractivity contribution in [1.82, 2.24) is 5.32 Å². The monoisotopic (exact) mass is 433 g/mol. The van der Waals surface area contributed by atoms with Crippen LogP contribution in [0.3, 0.4) is 0 Å². The van der Waals surface area contributed by atoms with E-state index in [1.807, 2.05) is 6.08 Å². The second-order valence-corrected chi connectivity index (χ2v) is 8.02. The Labute approximate surface area is 191 Å². The number of aliphatic hydroxyl groups excluding tert-OH is 2. The van der Waals surface area contributed by atoms with Crippen molar-refractivity contribution < 1.29 is 15.0 Å². The van der Waals surface area contributed by atoms with E-state index < -0.39 is 12.1 Å². The standard InChI is InChI=1S/C27H47NO3/c1-3-5-7-9-11-12-13-14-15-16-17-19-21-23-27(31)28-25(24-29)26(30)22-20-18-10-8-6-4-2/h5,7,11-12,14-15,17,19,25-26,29-30H,3-4,6,8-10,13,16,18,20-24H2,1-2H3,(H,28,31)/b7-5-,12-11-,15-14-,19-17-. The van der Waals surface area contributed by atoms with Gasteiger partial charge in [-0.15, -0.1) is 0 Å². The molecule has 31 heavy (non-hydrogen) atoms. The maximum Gasteiger partial charge on any atom is 0.220 e. The smallest absolute Gasteiger partial charge is 0.220 e. The first-order valence-electron chi connectivity index (χ1n) is 12.3. The summed E-state index contributed by atoms with van der Waals surface area (Å²) in [7, 11) is 0. The van der Waals surface area contributed by atoms with Gasteiger partial charge in [0.05, 0.1) is 18.8 Å². The van der Waals surface area contributed by atoms with Crippen LogP contribution in [0.15, 0.2) is 48.6 Å². The molecule has 178 valence electrons. The maximum atomic E-state index is 12.1. The van der Waals surface area contributed by atoms with Crippen molar-refractivity contribution in [2.24, 2.45) is 0 Å². The molecule has 0 rings (SSSR count). The first kappa shape index (κ1) is 29.4. The number of hydrogen-bond donors (Lipinski definition) is 3. The predicted molar refractivity (Wildman–Crippen MR) is 133 cm³/mol. The molecular formula is C27H47NO3. The number of allylic oxidation sites excluding steroid dienone is 8. The summed E-state index contributed by atoms with van der Waals surface area (Å²) in [4.78, 5) is 12.1. The van der Waals surface area contributed by atoms with Gasteiger partial charge >= 0.3 is 0 Å². The summed E-state index contributed by atoms with van der Waals surface area (Å²) in [5.41, 5.74) is 0. The molecule has 0 heterocycles. The van der Waals surface area contributed by atoms with Gasteiger partial charge in [-0.2, -0.15) is 0 Å². The molecule has 0 radical (unpaired) electrons. The van der Waals surface area contributed by atoms with Crippen LogP contribution in [-0.4, -0.2) is 34.9 Å². The van der Waals surface area contributed by atoms with E-state index in [2.05, 4.69) is 61.7 Å². The fraction of sp³-hybridized carbons (Fsp3) is 0.667. The zero-order valence-corrected chi connectivity index (χ0v) is 20.0. The number of unbranched alkanes of at least 4 members (excludes halogenated alkanes) is 5. The van der Waals surface area contributed by atoms with Crippen molar-refractivity contribution in [3.63, 3.8) is 0 Å². The molecule has 0 aromatic heterocycles. The number of aliphatic hydroxyl groups is 2. The van der Waals surface area contributed by atoms with Crippen LogP contribution in [-0.2, 0) is 4.79 Å². The van der Waals surface area contributed by atoms with Gasteiger partial charge in [0, 0.05) is 6.42 Å². The molecule has 0 saturated heterocycles. The number of carbonyl (C=O) groups excluding carboxylic acids is 1. The molecule has 3 N–H and O–H groups in total. The molecule has 0 aromatic carbocycles.